The second-order valence-corrected chi connectivity index (χ2v) is 6.07. The number of aliphatic hydroxyl groups excluding tert-OH is 1. The Labute approximate surface area is 99.8 Å². The fraction of sp³-hybridized carbons (Fsp3) is 0.857. The first kappa shape index (κ1) is 13.5. The largest absolute Gasteiger partial charge is 0.394 e. The predicted octanol–water partition coefficient (Wildman–Crippen LogP) is 2.18. The van der Waals surface area contributed by atoms with Gasteiger partial charge in [0.1, 0.15) is 0 Å². The fourth-order valence-electron chi connectivity index (χ4n) is 3.37. The predicted molar refractivity (Wildman–Crippen MR) is 68.1 cm³/mol. The molecule has 0 aromatic heterocycles. The molecule has 0 aromatic carbocycles. The molecule has 0 spiro atoms. The second-order valence-electron chi connectivity index (χ2n) is 6.07. The van der Waals surface area contributed by atoms with Crippen molar-refractivity contribution < 1.29 is 5.11 Å². The van der Waals surface area contributed by atoms with E-state index in [4.69, 9.17) is 0 Å². The van der Waals surface area contributed by atoms with E-state index >= 15 is 0 Å². The quantitative estimate of drug-likeness (QED) is 0.719. The second kappa shape index (κ2) is 5.21. The van der Waals surface area contributed by atoms with Gasteiger partial charge in [0.2, 0.25) is 0 Å². The van der Waals surface area contributed by atoms with Crippen LogP contribution in [0.25, 0.3) is 0 Å². The maximum absolute atomic E-state index is 9.68. The van der Waals surface area contributed by atoms with Crippen LogP contribution in [0.2, 0.25) is 0 Å². The van der Waals surface area contributed by atoms with Crippen LogP contribution >= 0.6 is 0 Å². The maximum Gasteiger partial charge on any atom is 0.0613 e. The molecule has 0 heterocycles. The topological polar surface area (TPSA) is 32.3 Å². The van der Waals surface area contributed by atoms with Crippen molar-refractivity contribution in [1.82, 2.24) is 5.32 Å². The Hall–Kier alpha value is -0.520. The highest BCUT2D eigenvalue weighted by Crippen LogP contribution is 2.43. The van der Waals surface area contributed by atoms with E-state index in [0.29, 0.717) is 17.9 Å². The van der Waals surface area contributed by atoms with Gasteiger partial charge in [0.15, 0.2) is 0 Å². The summed E-state index contributed by atoms with van der Waals surface area (Å²) in [5, 5.41) is 13.1. The first-order valence-corrected chi connectivity index (χ1v) is 6.18. The third-order valence-corrected chi connectivity index (χ3v) is 3.49. The Morgan fingerprint density at radius 3 is 2.56 bits per heavy atom. The van der Waals surface area contributed by atoms with Gasteiger partial charge >= 0.3 is 0 Å². The zero-order valence-electron chi connectivity index (χ0n) is 11.1. The maximum atomic E-state index is 9.68. The average Bonchev–Trinajstić information content (AvgIpc) is 2.15. The smallest absolute Gasteiger partial charge is 0.0613 e. The van der Waals surface area contributed by atoms with E-state index in [1.807, 2.05) is 6.92 Å². The van der Waals surface area contributed by atoms with E-state index in [2.05, 4.69) is 37.9 Å². The Balaban J connectivity index is 2.72. The SMILES string of the molecule is CC#CCN[C@@]1(CO)C[C@H](C)CC(C)(C)C1. The summed E-state index contributed by atoms with van der Waals surface area (Å²) < 4.78 is 0. The van der Waals surface area contributed by atoms with Gasteiger partial charge < -0.3 is 5.11 Å². The van der Waals surface area contributed by atoms with Crippen LogP contribution in [-0.2, 0) is 0 Å². The standard InChI is InChI=1S/C14H25NO/c1-5-6-7-15-14(11-16)9-12(2)8-13(3,4)10-14/h12,15-16H,7-11H2,1-4H3/t12-,14+/m1/s1. The molecule has 1 fully saturated rings. The van der Waals surface area contributed by atoms with Gasteiger partial charge in [-0.25, -0.2) is 0 Å². The van der Waals surface area contributed by atoms with Crippen LogP contribution in [0.1, 0.15) is 47.0 Å². The normalized spacial score (nSPS) is 32.9. The molecule has 0 unspecified atom stereocenters. The number of rotatable bonds is 3. The Bertz CT molecular complexity index is 287. The van der Waals surface area contributed by atoms with Crippen molar-refractivity contribution in [3.63, 3.8) is 0 Å². The molecule has 2 atom stereocenters. The minimum atomic E-state index is -0.120. The van der Waals surface area contributed by atoms with Gasteiger partial charge in [-0.2, -0.15) is 0 Å². The highest BCUT2D eigenvalue weighted by atomic mass is 16.3. The van der Waals surface area contributed by atoms with E-state index < -0.39 is 0 Å². The molecule has 92 valence electrons. The number of hydrogen-bond acceptors (Lipinski definition) is 2. The zero-order chi connectivity index (χ0) is 12.2. The first-order chi connectivity index (χ1) is 7.43. The zero-order valence-corrected chi connectivity index (χ0v) is 11.1. The van der Waals surface area contributed by atoms with Gasteiger partial charge in [0.05, 0.1) is 13.2 Å². The van der Waals surface area contributed by atoms with Gasteiger partial charge in [-0.3, -0.25) is 5.32 Å². The van der Waals surface area contributed by atoms with Gasteiger partial charge in [-0.15, -0.1) is 5.92 Å². The molecule has 0 saturated heterocycles. The van der Waals surface area contributed by atoms with Crippen LogP contribution in [0.15, 0.2) is 0 Å². The molecule has 0 radical (unpaired) electrons. The summed E-state index contributed by atoms with van der Waals surface area (Å²) in [5.74, 6) is 6.58. The summed E-state index contributed by atoms with van der Waals surface area (Å²) in [6.45, 7) is 9.60. The molecule has 2 heteroatoms. The van der Waals surface area contributed by atoms with Crippen molar-refractivity contribution in [2.75, 3.05) is 13.2 Å². The minimum Gasteiger partial charge on any atom is -0.394 e. The number of hydrogen-bond donors (Lipinski definition) is 2. The highest BCUT2D eigenvalue weighted by Gasteiger charge is 2.41. The summed E-state index contributed by atoms with van der Waals surface area (Å²) in [6, 6.07) is 0. The van der Waals surface area contributed by atoms with Crippen LogP contribution in [0.3, 0.4) is 0 Å². The molecule has 0 bridgehead atoms. The summed E-state index contributed by atoms with van der Waals surface area (Å²) in [5.41, 5.74) is 0.193. The van der Waals surface area contributed by atoms with E-state index in [1.165, 1.54) is 6.42 Å². The van der Waals surface area contributed by atoms with Crippen LogP contribution in [0, 0.1) is 23.2 Å². The highest BCUT2D eigenvalue weighted by molar-refractivity contribution is 5.04. The minimum absolute atomic E-state index is 0.120. The lowest BCUT2D eigenvalue weighted by atomic mass is 9.64. The molecule has 2 N–H and O–H groups in total. The molecule has 2 nitrogen and oxygen atoms in total. The molecule has 0 aromatic rings. The van der Waals surface area contributed by atoms with Gasteiger partial charge in [0, 0.05) is 5.54 Å². The summed E-state index contributed by atoms with van der Waals surface area (Å²) in [4.78, 5) is 0. The summed E-state index contributed by atoms with van der Waals surface area (Å²) >= 11 is 0. The summed E-state index contributed by atoms with van der Waals surface area (Å²) in [7, 11) is 0. The molecular formula is C14H25NO. The number of aliphatic hydroxyl groups is 1. The van der Waals surface area contributed by atoms with E-state index in [0.717, 1.165) is 12.8 Å². The van der Waals surface area contributed by atoms with Crippen molar-refractivity contribution in [2.45, 2.75) is 52.5 Å². The third-order valence-electron chi connectivity index (χ3n) is 3.49. The molecule has 1 aliphatic carbocycles. The molecule has 0 amide bonds. The van der Waals surface area contributed by atoms with Crippen LogP contribution < -0.4 is 5.32 Å². The molecule has 1 saturated carbocycles. The third kappa shape index (κ3) is 3.50. The number of nitrogens with one attached hydrogen (secondary N) is 1. The van der Waals surface area contributed by atoms with Gasteiger partial charge in [0.25, 0.3) is 0 Å². The van der Waals surface area contributed by atoms with Crippen molar-refractivity contribution >= 4 is 0 Å². The van der Waals surface area contributed by atoms with Crippen molar-refractivity contribution in [3.05, 3.63) is 0 Å². The molecule has 1 rings (SSSR count). The fourth-order valence-corrected chi connectivity index (χ4v) is 3.37. The summed E-state index contributed by atoms with van der Waals surface area (Å²) in [6.07, 6.45) is 3.33. The van der Waals surface area contributed by atoms with Crippen molar-refractivity contribution in [3.8, 4) is 11.8 Å². The van der Waals surface area contributed by atoms with Crippen molar-refractivity contribution in [2.24, 2.45) is 11.3 Å². The lowest BCUT2D eigenvalue weighted by molar-refractivity contribution is 0.0392. The van der Waals surface area contributed by atoms with Crippen LogP contribution in [0.4, 0.5) is 0 Å². The lowest BCUT2D eigenvalue weighted by Gasteiger charge is -2.47. The molecule has 1 aliphatic rings. The average molecular weight is 223 g/mol. The van der Waals surface area contributed by atoms with Gasteiger partial charge in [-0.1, -0.05) is 26.7 Å². The van der Waals surface area contributed by atoms with E-state index in [1.54, 1.807) is 0 Å². The first-order valence-electron chi connectivity index (χ1n) is 6.18. The molecule has 0 aliphatic heterocycles. The molecule has 16 heavy (non-hydrogen) atoms. The molecular weight excluding hydrogens is 198 g/mol. The lowest BCUT2D eigenvalue weighted by Crippen LogP contribution is -2.55. The van der Waals surface area contributed by atoms with Crippen molar-refractivity contribution in [1.29, 1.82) is 0 Å². The Kier molecular flexibility index (Phi) is 4.41. The Morgan fingerprint density at radius 2 is 2.06 bits per heavy atom. The van der Waals surface area contributed by atoms with Crippen LogP contribution in [0.5, 0.6) is 0 Å². The van der Waals surface area contributed by atoms with E-state index in [9.17, 15) is 5.11 Å². The van der Waals surface area contributed by atoms with E-state index in [-0.39, 0.29) is 12.1 Å². The monoisotopic (exact) mass is 223 g/mol. The van der Waals surface area contributed by atoms with Gasteiger partial charge in [-0.05, 0) is 37.5 Å². The van der Waals surface area contributed by atoms with Crippen LogP contribution in [-0.4, -0.2) is 23.8 Å². The Morgan fingerprint density at radius 1 is 1.38 bits per heavy atom.